The molecule has 0 spiro atoms. The van der Waals surface area contributed by atoms with Crippen molar-refractivity contribution in [3.05, 3.63) is 18.2 Å². The molecule has 0 bridgehead atoms. The van der Waals surface area contributed by atoms with Gasteiger partial charge in [-0.15, -0.1) is 0 Å². The van der Waals surface area contributed by atoms with Crippen molar-refractivity contribution >= 4 is 11.6 Å². The van der Waals surface area contributed by atoms with Crippen LogP contribution < -0.4 is 20.5 Å². The van der Waals surface area contributed by atoms with E-state index in [-0.39, 0.29) is 11.3 Å². The first-order valence-corrected chi connectivity index (χ1v) is 7.43. The molecule has 1 aliphatic carbocycles. The molecule has 0 atom stereocenters. The number of methoxy groups -OCH3 is 1. The van der Waals surface area contributed by atoms with Crippen LogP contribution in [0, 0.1) is 5.41 Å². The number of benzene rings is 1. The topological polar surface area (TPSA) is 73.6 Å². The van der Waals surface area contributed by atoms with Gasteiger partial charge in [0.1, 0.15) is 0 Å². The summed E-state index contributed by atoms with van der Waals surface area (Å²) in [5.74, 6) is 1.30. The Balaban J connectivity index is 2.01. The zero-order valence-electron chi connectivity index (χ0n) is 12.8. The van der Waals surface area contributed by atoms with Gasteiger partial charge < -0.3 is 20.5 Å². The number of rotatable bonds is 7. The van der Waals surface area contributed by atoms with E-state index < -0.39 is 0 Å². The summed E-state index contributed by atoms with van der Waals surface area (Å²) in [5.41, 5.74) is 6.53. The van der Waals surface area contributed by atoms with Crippen LogP contribution in [0.3, 0.4) is 0 Å². The molecule has 0 radical (unpaired) electrons. The van der Waals surface area contributed by atoms with Gasteiger partial charge in [0.05, 0.1) is 13.7 Å². The summed E-state index contributed by atoms with van der Waals surface area (Å²) in [4.78, 5) is 12.2. The Morgan fingerprint density at radius 1 is 1.38 bits per heavy atom. The third kappa shape index (κ3) is 3.67. The number of ether oxygens (including phenoxy) is 2. The van der Waals surface area contributed by atoms with Gasteiger partial charge in [-0.25, -0.2) is 0 Å². The van der Waals surface area contributed by atoms with Gasteiger partial charge in [-0.2, -0.15) is 0 Å². The second kappa shape index (κ2) is 6.80. The van der Waals surface area contributed by atoms with Gasteiger partial charge in [0.2, 0.25) is 5.91 Å². The first-order valence-electron chi connectivity index (χ1n) is 7.43. The minimum absolute atomic E-state index is 0.00719. The summed E-state index contributed by atoms with van der Waals surface area (Å²) in [7, 11) is 1.59. The van der Waals surface area contributed by atoms with Crippen molar-refractivity contribution in [1.82, 2.24) is 0 Å². The number of hydrogen-bond acceptors (Lipinski definition) is 4. The number of nitrogens with one attached hydrogen (secondary N) is 1. The molecular formula is C16H24N2O3. The number of carbonyl (C=O) groups excluding carboxylic acids is 1. The molecule has 5 nitrogen and oxygen atoms in total. The fraction of sp³-hybridized carbons (Fsp3) is 0.562. The third-order valence-electron chi connectivity index (χ3n) is 4.13. The van der Waals surface area contributed by atoms with Crippen LogP contribution in [0.5, 0.6) is 11.5 Å². The maximum Gasteiger partial charge on any atom is 0.224 e. The molecule has 0 aliphatic heterocycles. The normalized spacial score (nSPS) is 16.0. The maximum atomic E-state index is 12.2. The fourth-order valence-corrected chi connectivity index (χ4v) is 2.70. The molecule has 5 heteroatoms. The van der Waals surface area contributed by atoms with Crippen molar-refractivity contribution in [3.8, 4) is 11.5 Å². The Bertz CT molecular complexity index is 493. The van der Waals surface area contributed by atoms with Gasteiger partial charge in [0, 0.05) is 18.2 Å². The monoisotopic (exact) mass is 292 g/mol. The summed E-state index contributed by atoms with van der Waals surface area (Å²) >= 11 is 0. The second-order valence-electron chi connectivity index (χ2n) is 5.58. The smallest absolute Gasteiger partial charge is 0.224 e. The first kappa shape index (κ1) is 15.6. The Labute approximate surface area is 125 Å². The highest BCUT2D eigenvalue weighted by Crippen LogP contribution is 2.43. The van der Waals surface area contributed by atoms with Crippen LogP contribution in [-0.2, 0) is 4.79 Å². The van der Waals surface area contributed by atoms with Gasteiger partial charge in [-0.05, 0) is 43.9 Å². The Morgan fingerprint density at radius 3 is 2.67 bits per heavy atom. The lowest BCUT2D eigenvalue weighted by Gasteiger charge is -2.40. The van der Waals surface area contributed by atoms with Gasteiger partial charge in [0.15, 0.2) is 11.5 Å². The van der Waals surface area contributed by atoms with Crippen LogP contribution in [-0.4, -0.2) is 26.2 Å². The highest BCUT2D eigenvalue weighted by atomic mass is 16.5. The largest absolute Gasteiger partial charge is 0.493 e. The van der Waals surface area contributed by atoms with Crippen LogP contribution in [0.4, 0.5) is 5.69 Å². The second-order valence-corrected chi connectivity index (χ2v) is 5.58. The molecule has 1 aliphatic rings. The molecule has 1 aromatic carbocycles. The lowest BCUT2D eigenvalue weighted by Crippen LogP contribution is -2.40. The van der Waals surface area contributed by atoms with Crippen molar-refractivity contribution in [2.24, 2.45) is 11.1 Å². The molecule has 0 unspecified atom stereocenters. The van der Waals surface area contributed by atoms with E-state index in [1.54, 1.807) is 19.2 Å². The number of hydrogen-bond donors (Lipinski definition) is 2. The van der Waals surface area contributed by atoms with E-state index in [9.17, 15) is 4.79 Å². The number of nitrogens with two attached hydrogens (primary N) is 1. The Kier molecular flexibility index (Phi) is 5.07. The lowest BCUT2D eigenvalue weighted by molar-refractivity contribution is -0.119. The van der Waals surface area contributed by atoms with E-state index in [1.807, 2.05) is 13.0 Å². The van der Waals surface area contributed by atoms with E-state index in [1.165, 1.54) is 6.42 Å². The predicted octanol–water partition coefficient (Wildman–Crippen LogP) is 2.55. The Morgan fingerprint density at radius 2 is 2.14 bits per heavy atom. The molecule has 2 rings (SSSR count). The molecule has 1 saturated carbocycles. The number of anilines is 1. The quantitative estimate of drug-likeness (QED) is 0.810. The van der Waals surface area contributed by atoms with E-state index in [4.69, 9.17) is 15.2 Å². The van der Waals surface area contributed by atoms with Crippen molar-refractivity contribution in [2.75, 3.05) is 25.6 Å². The zero-order valence-corrected chi connectivity index (χ0v) is 12.8. The summed E-state index contributed by atoms with van der Waals surface area (Å²) in [6, 6.07) is 5.40. The van der Waals surface area contributed by atoms with Crippen LogP contribution in [0.1, 0.15) is 32.6 Å². The number of carbonyl (C=O) groups is 1. The molecule has 116 valence electrons. The minimum atomic E-state index is 0.00719. The molecule has 1 fully saturated rings. The molecule has 3 N–H and O–H groups in total. The molecule has 1 amide bonds. The van der Waals surface area contributed by atoms with E-state index in [2.05, 4.69) is 5.32 Å². The van der Waals surface area contributed by atoms with E-state index in [0.717, 1.165) is 18.5 Å². The number of amides is 1. The molecule has 0 saturated heterocycles. The summed E-state index contributed by atoms with van der Waals surface area (Å²) in [5, 5.41) is 2.92. The molecular weight excluding hydrogens is 268 g/mol. The molecule has 1 aromatic rings. The SMILES string of the molecule is CCOc1cc(NC(=O)CC2(CN)CCC2)ccc1OC. The highest BCUT2D eigenvalue weighted by Gasteiger charge is 2.37. The highest BCUT2D eigenvalue weighted by molar-refractivity contribution is 5.91. The molecule has 0 heterocycles. The van der Waals surface area contributed by atoms with Crippen molar-refractivity contribution in [2.45, 2.75) is 32.6 Å². The first-order chi connectivity index (χ1) is 10.1. The van der Waals surface area contributed by atoms with Gasteiger partial charge in [0.25, 0.3) is 0 Å². The van der Waals surface area contributed by atoms with Crippen molar-refractivity contribution < 1.29 is 14.3 Å². The summed E-state index contributed by atoms with van der Waals surface area (Å²) in [6.45, 7) is 3.03. The third-order valence-corrected chi connectivity index (χ3v) is 4.13. The lowest BCUT2D eigenvalue weighted by atomic mass is 9.66. The summed E-state index contributed by atoms with van der Waals surface area (Å²) < 4.78 is 10.7. The minimum Gasteiger partial charge on any atom is -0.493 e. The fourth-order valence-electron chi connectivity index (χ4n) is 2.70. The van der Waals surface area contributed by atoms with Gasteiger partial charge >= 0.3 is 0 Å². The van der Waals surface area contributed by atoms with Crippen molar-refractivity contribution in [3.63, 3.8) is 0 Å². The van der Waals surface area contributed by atoms with Crippen LogP contribution >= 0.6 is 0 Å². The van der Waals surface area contributed by atoms with Gasteiger partial charge in [-0.1, -0.05) is 6.42 Å². The average Bonchev–Trinajstić information content (AvgIpc) is 2.43. The summed E-state index contributed by atoms with van der Waals surface area (Å²) in [6.07, 6.45) is 3.74. The Hall–Kier alpha value is -1.75. The maximum absolute atomic E-state index is 12.2. The predicted molar refractivity (Wildman–Crippen MR) is 82.7 cm³/mol. The van der Waals surface area contributed by atoms with E-state index in [0.29, 0.717) is 31.1 Å². The molecule has 0 aromatic heterocycles. The van der Waals surface area contributed by atoms with Crippen molar-refractivity contribution in [1.29, 1.82) is 0 Å². The van der Waals surface area contributed by atoms with Crippen LogP contribution in [0.25, 0.3) is 0 Å². The van der Waals surface area contributed by atoms with Crippen LogP contribution in [0.15, 0.2) is 18.2 Å². The average molecular weight is 292 g/mol. The van der Waals surface area contributed by atoms with Crippen LogP contribution in [0.2, 0.25) is 0 Å². The van der Waals surface area contributed by atoms with E-state index >= 15 is 0 Å². The zero-order chi connectivity index (χ0) is 15.3. The molecule has 21 heavy (non-hydrogen) atoms. The standard InChI is InChI=1S/C16H24N2O3/c1-3-21-14-9-12(5-6-13(14)20-2)18-15(19)10-16(11-17)7-4-8-16/h5-6,9H,3-4,7-8,10-11,17H2,1-2H3,(H,18,19). The van der Waals surface area contributed by atoms with Gasteiger partial charge in [-0.3, -0.25) is 4.79 Å².